The summed E-state index contributed by atoms with van der Waals surface area (Å²) in [6, 6.07) is 4.44. The zero-order valence-electron chi connectivity index (χ0n) is 10.8. The Hall–Kier alpha value is -1.29. The average Bonchev–Trinajstić information content (AvgIpc) is 2.34. The fourth-order valence-corrected chi connectivity index (χ4v) is 2.34. The van der Waals surface area contributed by atoms with Gasteiger partial charge in [0.05, 0.1) is 13.3 Å². The van der Waals surface area contributed by atoms with Gasteiger partial charge < -0.3 is 15.0 Å². The Balaban J connectivity index is 1.95. The first-order valence-electron chi connectivity index (χ1n) is 6.14. The molecule has 0 aliphatic carbocycles. The highest BCUT2D eigenvalue weighted by Gasteiger charge is 2.24. The van der Waals surface area contributed by atoms with Gasteiger partial charge in [0.25, 0.3) is 0 Å². The number of hydrogen-bond donors (Lipinski definition) is 1. The van der Waals surface area contributed by atoms with Crippen LogP contribution in [-0.4, -0.2) is 43.2 Å². The van der Waals surface area contributed by atoms with Crippen LogP contribution in [0.5, 0.6) is 5.75 Å². The maximum atomic E-state index is 5.10. The lowest BCUT2D eigenvalue weighted by Gasteiger charge is -2.35. The molecule has 2 atom stereocenters. The van der Waals surface area contributed by atoms with Crippen LogP contribution in [0, 0.1) is 5.92 Å². The van der Waals surface area contributed by atoms with Crippen LogP contribution < -0.4 is 10.1 Å². The third-order valence-corrected chi connectivity index (χ3v) is 3.41. The number of anilines is 1. The third kappa shape index (κ3) is 3.09. The SMILES string of the molecule is COc1ccc(NC2CCN(C)CC2C)nc1. The number of nitrogens with zero attached hydrogens (tertiary/aromatic N) is 2. The number of aromatic nitrogens is 1. The highest BCUT2D eigenvalue weighted by atomic mass is 16.5. The van der Waals surface area contributed by atoms with E-state index in [1.54, 1.807) is 13.3 Å². The molecule has 1 fully saturated rings. The fourth-order valence-electron chi connectivity index (χ4n) is 2.34. The fraction of sp³-hybridized carbons (Fsp3) is 0.615. The maximum Gasteiger partial charge on any atom is 0.137 e. The second-order valence-electron chi connectivity index (χ2n) is 4.86. The van der Waals surface area contributed by atoms with Crippen molar-refractivity contribution in [2.24, 2.45) is 5.92 Å². The molecule has 1 aromatic heterocycles. The Kier molecular flexibility index (Phi) is 3.84. The number of likely N-dealkylation sites (tertiary alicyclic amines) is 1. The molecule has 0 amide bonds. The molecular formula is C13H21N3O. The van der Waals surface area contributed by atoms with Gasteiger partial charge in [0, 0.05) is 12.6 Å². The lowest BCUT2D eigenvalue weighted by molar-refractivity contribution is 0.206. The normalized spacial score (nSPS) is 25.6. The zero-order valence-corrected chi connectivity index (χ0v) is 10.8. The summed E-state index contributed by atoms with van der Waals surface area (Å²) >= 11 is 0. The minimum Gasteiger partial charge on any atom is -0.495 e. The Morgan fingerprint density at radius 1 is 1.47 bits per heavy atom. The van der Waals surface area contributed by atoms with Crippen LogP contribution in [0.3, 0.4) is 0 Å². The molecule has 0 aromatic carbocycles. The van der Waals surface area contributed by atoms with Gasteiger partial charge in [-0.3, -0.25) is 0 Å². The van der Waals surface area contributed by atoms with E-state index in [0.29, 0.717) is 12.0 Å². The van der Waals surface area contributed by atoms with Crippen molar-refractivity contribution in [2.45, 2.75) is 19.4 Å². The Bertz CT molecular complexity index is 352. The van der Waals surface area contributed by atoms with Crippen LogP contribution >= 0.6 is 0 Å². The monoisotopic (exact) mass is 235 g/mol. The summed E-state index contributed by atoms with van der Waals surface area (Å²) in [5.74, 6) is 2.39. The minimum atomic E-state index is 0.520. The Morgan fingerprint density at radius 2 is 2.29 bits per heavy atom. The maximum absolute atomic E-state index is 5.10. The molecule has 4 nitrogen and oxygen atoms in total. The molecule has 0 bridgehead atoms. The molecule has 0 spiro atoms. The molecule has 2 heterocycles. The van der Waals surface area contributed by atoms with Crippen LogP contribution in [0.1, 0.15) is 13.3 Å². The van der Waals surface area contributed by atoms with E-state index < -0.39 is 0 Å². The van der Waals surface area contributed by atoms with Gasteiger partial charge in [-0.05, 0) is 38.1 Å². The second-order valence-corrected chi connectivity index (χ2v) is 4.86. The van der Waals surface area contributed by atoms with Crippen molar-refractivity contribution in [2.75, 3.05) is 32.6 Å². The molecule has 1 aliphatic heterocycles. The van der Waals surface area contributed by atoms with E-state index in [2.05, 4.69) is 29.2 Å². The largest absolute Gasteiger partial charge is 0.495 e. The molecule has 1 aliphatic rings. The summed E-state index contributed by atoms with van der Waals surface area (Å²) in [7, 11) is 3.83. The standard InChI is InChI=1S/C13H21N3O/c1-10-9-16(2)7-6-12(10)15-13-5-4-11(17-3)8-14-13/h4-5,8,10,12H,6-7,9H2,1-3H3,(H,14,15). The van der Waals surface area contributed by atoms with Gasteiger partial charge in [-0.1, -0.05) is 6.92 Å². The number of ether oxygens (including phenoxy) is 1. The van der Waals surface area contributed by atoms with Crippen molar-refractivity contribution in [1.82, 2.24) is 9.88 Å². The van der Waals surface area contributed by atoms with Crippen LogP contribution in [-0.2, 0) is 0 Å². The van der Waals surface area contributed by atoms with Crippen LogP contribution in [0.4, 0.5) is 5.82 Å². The van der Waals surface area contributed by atoms with Gasteiger partial charge in [0.1, 0.15) is 11.6 Å². The molecular weight excluding hydrogens is 214 g/mol. The lowest BCUT2D eigenvalue weighted by atomic mass is 9.94. The number of piperidine rings is 1. The summed E-state index contributed by atoms with van der Waals surface area (Å²) < 4.78 is 5.10. The first-order chi connectivity index (χ1) is 8.19. The van der Waals surface area contributed by atoms with Crippen molar-refractivity contribution in [3.8, 4) is 5.75 Å². The average molecular weight is 235 g/mol. The number of methoxy groups -OCH3 is 1. The van der Waals surface area contributed by atoms with Gasteiger partial charge in [-0.25, -0.2) is 4.98 Å². The molecule has 2 rings (SSSR count). The van der Waals surface area contributed by atoms with Gasteiger partial charge in [0.2, 0.25) is 0 Å². The topological polar surface area (TPSA) is 37.4 Å². The highest BCUT2D eigenvalue weighted by Crippen LogP contribution is 2.20. The van der Waals surface area contributed by atoms with E-state index in [0.717, 1.165) is 24.7 Å². The van der Waals surface area contributed by atoms with Crippen LogP contribution in [0.15, 0.2) is 18.3 Å². The van der Waals surface area contributed by atoms with E-state index in [9.17, 15) is 0 Å². The van der Waals surface area contributed by atoms with Gasteiger partial charge >= 0.3 is 0 Å². The molecule has 1 N–H and O–H groups in total. The first-order valence-corrected chi connectivity index (χ1v) is 6.14. The molecule has 0 saturated carbocycles. The van der Waals surface area contributed by atoms with Crippen LogP contribution in [0.2, 0.25) is 0 Å². The number of pyridine rings is 1. The predicted octanol–water partition coefficient (Wildman–Crippen LogP) is 1.84. The van der Waals surface area contributed by atoms with Crippen molar-refractivity contribution < 1.29 is 4.74 Å². The van der Waals surface area contributed by atoms with Crippen molar-refractivity contribution >= 4 is 5.82 Å². The molecule has 4 heteroatoms. The minimum absolute atomic E-state index is 0.520. The zero-order chi connectivity index (χ0) is 12.3. The predicted molar refractivity (Wildman–Crippen MR) is 69.5 cm³/mol. The summed E-state index contributed by atoms with van der Waals surface area (Å²) in [6.45, 7) is 4.59. The van der Waals surface area contributed by atoms with Crippen molar-refractivity contribution in [1.29, 1.82) is 0 Å². The Morgan fingerprint density at radius 3 is 2.88 bits per heavy atom. The van der Waals surface area contributed by atoms with E-state index >= 15 is 0 Å². The summed E-state index contributed by atoms with van der Waals surface area (Å²) in [4.78, 5) is 6.73. The van der Waals surface area contributed by atoms with Crippen molar-refractivity contribution in [3.05, 3.63) is 18.3 Å². The molecule has 1 aromatic rings. The van der Waals surface area contributed by atoms with Crippen LogP contribution in [0.25, 0.3) is 0 Å². The second kappa shape index (κ2) is 5.36. The van der Waals surface area contributed by atoms with Gasteiger partial charge in [-0.2, -0.15) is 0 Å². The number of rotatable bonds is 3. The van der Waals surface area contributed by atoms with E-state index in [1.165, 1.54) is 6.42 Å². The quantitative estimate of drug-likeness (QED) is 0.867. The van der Waals surface area contributed by atoms with Gasteiger partial charge in [0.15, 0.2) is 0 Å². The summed E-state index contributed by atoms with van der Waals surface area (Å²) in [5, 5.41) is 3.51. The Labute approximate surface area is 103 Å². The van der Waals surface area contributed by atoms with Crippen molar-refractivity contribution in [3.63, 3.8) is 0 Å². The first kappa shape index (κ1) is 12.2. The van der Waals surface area contributed by atoms with E-state index in [1.807, 2.05) is 12.1 Å². The number of hydrogen-bond acceptors (Lipinski definition) is 4. The summed E-state index contributed by atoms with van der Waals surface area (Å²) in [5.41, 5.74) is 0. The highest BCUT2D eigenvalue weighted by molar-refractivity contribution is 5.38. The molecule has 1 saturated heterocycles. The molecule has 94 valence electrons. The molecule has 17 heavy (non-hydrogen) atoms. The van der Waals surface area contributed by atoms with E-state index in [-0.39, 0.29) is 0 Å². The lowest BCUT2D eigenvalue weighted by Crippen LogP contribution is -2.43. The summed E-state index contributed by atoms with van der Waals surface area (Å²) in [6.07, 6.45) is 2.92. The molecule has 2 unspecified atom stereocenters. The smallest absolute Gasteiger partial charge is 0.137 e. The van der Waals surface area contributed by atoms with E-state index in [4.69, 9.17) is 4.74 Å². The number of nitrogens with one attached hydrogen (secondary N) is 1. The molecule has 0 radical (unpaired) electrons. The third-order valence-electron chi connectivity index (χ3n) is 3.41. The van der Waals surface area contributed by atoms with Gasteiger partial charge in [-0.15, -0.1) is 0 Å².